The van der Waals surface area contributed by atoms with E-state index in [1.165, 1.54) is 0 Å². The molecule has 0 radical (unpaired) electrons. The van der Waals surface area contributed by atoms with Crippen LogP contribution in [0.2, 0.25) is 0 Å². The number of nitrogens with zero attached hydrogens (tertiary/aromatic N) is 5. The van der Waals surface area contributed by atoms with Gasteiger partial charge in [0.2, 0.25) is 17.8 Å². The molecule has 2 heterocycles. The molecule has 3 aromatic rings. The third-order valence-corrected chi connectivity index (χ3v) is 4.51. The Labute approximate surface area is 179 Å². The molecule has 1 aliphatic heterocycles. The molecule has 10 heteroatoms. The van der Waals surface area contributed by atoms with Gasteiger partial charge in [-0.25, -0.2) is 5.43 Å². The molecular formula is C21H23N7O3. The molecule has 0 amide bonds. The molecule has 0 bridgehead atoms. The highest BCUT2D eigenvalue weighted by molar-refractivity contribution is 5.80. The van der Waals surface area contributed by atoms with Crippen LogP contribution in [0.1, 0.15) is 5.56 Å². The van der Waals surface area contributed by atoms with Gasteiger partial charge in [0, 0.05) is 18.8 Å². The summed E-state index contributed by atoms with van der Waals surface area (Å²) >= 11 is 0. The van der Waals surface area contributed by atoms with Crippen molar-refractivity contribution in [3.8, 4) is 11.5 Å². The molecular weight excluding hydrogens is 398 g/mol. The highest BCUT2D eigenvalue weighted by atomic mass is 16.5. The van der Waals surface area contributed by atoms with Crippen LogP contribution in [-0.2, 0) is 4.74 Å². The Balaban J connectivity index is 1.56. The van der Waals surface area contributed by atoms with E-state index in [-0.39, 0.29) is 5.75 Å². The zero-order valence-corrected chi connectivity index (χ0v) is 17.0. The number of phenolic OH excluding ortho intramolecular Hbond substituents is 1. The summed E-state index contributed by atoms with van der Waals surface area (Å²) in [5, 5.41) is 16.9. The van der Waals surface area contributed by atoms with Gasteiger partial charge in [0.05, 0.1) is 26.5 Å². The summed E-state index contributed by atoms with van der Waals surface area (Å²) in [4.78, 5) is 15.5. The molecule has 0 unspecified atom stereocenters. The standard InChI is InChI=1S/C21H23N7O3/c1-30-18-7-5-16(6-8-18)23-19-24-20(26-21(25-19)28-9-11-31-12-10-28)27-22-14-15-3-2-4-17(29)13-15/h2-8,13-14,29H,9-12H2,1H3,(H2,23,24,25,26,27)/b22-14+. The van der Waals surface area contributed by atoms with Crippen LogP contribution in [0.4, 0.5) is 23.5 Å². The number of morpholine rings is 1. The number of aromatic nitrogens is 3. The fourth-order valence-corrected chi connectivity index (χ4v) is 2.95. The number of hydrogen-bond donors (Lipinski definition) is 3. The van der Waals surface area contributed by atoms with Crippen LogP contribution in [0.5, 0.6) is 11.5 Å². The molecule has 3 N–H and O–H groups in total. The van der Waals surface area contributed by atoms with Gasteiger partial charge in [-0.3, -0.25) is 0 Å². The number of anilines is 4. The van der Waals surface area contributed by atoms with E-state index in [4.69, 9.17) is 9.47 Å². The first kappa shape index (κ1) is 20.4. The largest absolute Gasteiger partial charge is 0.508 e. The van der Waals surface area contributed by atoms with Gasteiger partial charge >= 0.3 is 0 Å². The Morgan fingerprint density at radius 3 is 2.58 bits per heavy atom. The van der Waals surface area contributed by atoms with Crippen molar-refractivity contribution < 1.29 is 14.6 Å². The summed E-state index contributed by atoms with van der Waals surface area (Å²) in [6.45, 7) is 2.62. The summed E-state index contributed by atoms with van der Waals surface area (Å²) in [5.41, 5.74) is 4.40. The number of benzene rings is 2. The average molecular weight is 421 g/mol. The van der Waals surface area contributed by atoms with E-state index in [1.807, 2.05) is 35.2 Å². The Kier molecular flexibility index (Phi) is 6.38. The Morgan fingerprint density at radius 2 is 1.84 bits per heavy atom. The summed E-state index contributed by atoms with van der Waals surface area (Å²) in [6.07, 6.45) is 1.58. The fourth-order valence-electron chi connectivity index (χ4n) is 2.95. The van der Waals surface area contributed by atoms with Crippen molar-refractivity contribution in [3.05, 3.63) is 54.1 Å². The van der Waals surface area contributed by atoms with E-state index in [2.05, 4.69) is 30.8 Å². The van der Waals surface area contributed by atoms with Gasteiger partial charge in [-0.15, -0.1) is 0 Å². The van der Waals surface area contributed by atoms with Gasteiger partial charge in [-0.2, -0.15) is 20.1 Å². The van der Waals surface area contributed by atoms with Crippen molar-refractivity contribution in [2.45, 2.75) is 0 Å². The van der Waals surface area contributed by atoms with Crippen LogP contribution in [0, 0.1) is 0 Å². The number of hydrogen-bond acceptors (Lipinski definition) is 10. The first-order valence-corrected chi connectivity index (χ1v) is 9.77. The number of aromatic hydroxyl groups is 1. The second-order valence-electron chi connectivity index (χ2n) is 6.70. The highest BCUT2D eigenvalue weighted by Crippen LogP contribution is 2.21. The van der Waals surface area contributed by atoms with E-state index in [0.717, 1.165) is 17.0 Å². The van der Waals surface area contributed by atoms with Gasteiger partial charge in [0.25, 0.3) is 0 Å². The maximum absolute atomic E-state index is 9.57. The first-order valence-electron chi connectivity index (χ1n) is 9.77. The molecule has 1 aromatic heterocycles. The van der Waals surface area contributed by atoms with Crippen LogP contribution >= 0.6 is 0 Å². The van der Waals surface area contributed by atoms with Crippen molar-refractivity contribution >= 4 is 29.7 Å². The maximum atomic E-state index is 9.57. The fraction of sp³-hybridized carbons (Fsp3) is 0.238. The van der Waals surface area contributed by atoms with Crippen LogP contribution in [0.3, 0.4) is 0 Å². The van der Waals surface area contributed by atoms with Gasteiger partial charge < -0.3 is 24.8 Å². The predicted molar refractivity (Wildman–Crippen MR) is 118 cm³/mol. The lowest BCUT2D eigenvalue weighted by Crippen LogP contribution is -2.37. The van der Waals surface area contributed by atoms with Crippen LogP contribution in [0.25, 0.3) is 0 Å². The van der Waals surface area contributed by atoms with Crippen LogP contribution in [-0.4, -0.2) is 59.7 Å². The van der Waals surface area contributed by atoms with Gasteiger partial charge in [-0.05, 0) is 42.0 Å². The molecule has 1 fully saturated rings. The van der Waals surface area contributed by atoms with Crippen molar-refractivity contribution in [2.24, 2.45) is 5.10 Å². The van der Waals surface area contributed by atoms with Crippen molar-refractivity contribution in [1.82, 2.24) is 15.0 Å². The third kappa shape index (κ3) is 5.58. The topological polar surface area (TPSA) is 117 Å². The smallest absolute Gasteiger partial charge is 0.250 e. The SMILES string of the molecule is COc1ccc(Nc2nc(N/N=C/c3cccc(O)c3)nc(N3CCOCC3)n2)cc1. The zero-order valence-electron chi connectivity index (χ0n) is 17.0. The van der Waals surface area contributed by atoms with E-state index in [9.17, 15) is 5.11 Å². The van der Waals surface area contributed by atoms with Gasteiger partial charge in [-0.1, -0.05) is 12.1 Å². The zero-order chi connectivity index (χ0) is 21.5. The average Bonchev–Trinajstić information content (AvgIpc) is 2.80. The lowest BCUT2D eigenvalue weighted by atomic mass is 10.2. The van der Waals surface area contributed by atoms with Crippen LogP contribution in [0.15, 0.2) is 53.6 Å². The first-order chi connectivity index (χ1) is 15.2. The monoisotopic (exact) mass is 421 g/mol. The molecule has 0 saturated carbocycles. The summed E-state index contributed by atoms with van der Waals surface area (Å²) in [7, 11) is 1.62. The second kappa shape index (κ2) is 9.72. The van der Waals surface area contributed by atoms with E-state index in [1.54, 1.807) is 31.5 Å². The number of hydrazone groups is 1. The van der Waals surface area contributed by atoms with Crippen molar-refractivity contribution in [1.29, 1.82) is 0 Å². The molecule has 0 atom stereocenters. The molecule has 1 aliphatic rings. The van der Waals surface area contributed by atoms with E-state index < -0.39 is 0 Å². The van der Waals surface area contributed by atoms with E-state index >= 15 is 0 Å². The summed E-state index contributed by atoms with van der Waals surface area (Å²) < 4.78 is 10.6. The quantitative estimate of drug-likeness (QED) is 0.391. The number of rotatable bonds is 7. The highest BCUT2D eigenvalue weighted by Gasteiger charge is 2.16. The predicted octanol–water partition coefficient (Wildman–Crippen LogP) is 2.61. The molecule has 0 aliphatic carbocycles. The number of phenols is 1. The van der Waals surface area contributed by atoms with Crippen molar-refractivity contribution in [3.63, 3.8) is 0 Å². The third-order valence-electron chi connectivity index (χ3n) is 4.51. The van der Waals surface area contributed by atoms with Crippen molar-refractivity contribution in [2.75, 3.05) is 49.1 Å². The summed E-state index contributed by atoms with van der Waals surface area (Å²) in [5.74, 6) is 2.15. The molecule has 1 saturated heterocycles. The lowest BCUT2D eigenvalue weighted by Gasteiger charge is -2.27. The normalized spacial score (nSPS) is 13.9. The number of ether oxygens (including phenoxy) is 2. The molecule has 4 rings (SSSR count). The molecule has 2 aromatic carbocycles. The minimum Gasteiger partial charge on any atom is -0.508 e. The van der Waals surface area contributed by atoms with Gasteiger partial charge in [0.15, 0.2) is 0 Å². The van der Waals surface area contributed by atoms with Crippen LogP contribution < -0.4 is 20.4 Å². The molecule has 0 spiro atoms. The Hall–Kier alpha value is -3.92. The number of methoxy groups -OCH3 is 1. The minimum atomic E-state index is 0.171. The molecule has 160 valence electrons. The molecule has 31 heavy (non-hydrogen) atoms. The lowest BCUT2D eigenvalue weighted by molar-refractivity contribution is 0.122. The summed E-state index contributed by atoms with van der Waals surface area (Å²) in [6, 6.07) is 14.2. The number of nitrogens with one attached hydrogen (secondary N) is 2. The minimum absolute atomic E-state index is 0.171. The Bertz CT molecular complexity index is 1040. The molecule has 10 nitrogen and oxygen atoms in total. The van der Waals surface area contributed by atoms with Gasteiger partial charge in [0.1, 0.15) is 11.5 Å². The Morgan fingerprint density at radius 1 is 1.06 bits per heavy atom. The van der Waals surface area contributed by atoms with E-state index in [0.29, 0.717) is 44.1 Å². The maximum Gasteiger partial charge on any atom is 0.250 e. The second-order valence-corrected chi connectivity index (χ2v) is 6.70.